The summed E-state index contributed by atoms with van der Waals surface area (Å²) in [4.78, 5) is 4.81. The summed E-state index contributed by atoms with van der Waals surface area (Å²) in [6.45, 7) is 7.07. The summed E-state index contributed by atoms with van der Waals surface area (Å²) in [7, 11) is 0. The summed E-state index contributed by atoms with van der Waals surface area (Å²) in [5, 5.41) is 1.57. The molecule has 21 heavy (non-hydrogen) atoms. The van der Waals surface area contributed by atoms with Gasteiger partial charge in [0.1, 0.15) is 0 Å². The van der Waals surface area contributed by atoms with Crippen molar-refractivity contribution in [1.82, 2.24) is 4.98 Å². The molecule has 1 aromatic carbocycles. The Morgan fingerprint density at radius 2 is 2.05 bits per heavy atom. The number of hydrogen-bond donors (Lipinski definition) is 0. The first-order valence-corrected chi connectivity index (χ1v) is 9.19. The number of benzene rings is 1. The molecule has 1 aromatic heterocycles. The first-order valence-electron chi connectivity index (χ1n) is 7.94. The highest BCUT2D eigenvalue weighted by atomic mass is 35.5. The van der Waals surface area contributed by atoms with Crippen molar-refractivity contribution in [3.05, 3.63) is 29.3 Å². The van der Waals surface area contributed by atoms with Crippen LogP contribution in [0.1, 0.15) is 45.0 Å². The van der Waals surface area contributed by atoms with Gasteiger partial charge < -0.3 is 0 Å². The lowest BCUT2D eigenvalue weighted by Gasteiger charge is -2.41. The maximum Gasteiger partial charge on any atom is 0.0944 e. The fourth-order valence-corrected chi connectivity index (χ4v) is 5.69. The Balaban J connectivity index is 1.78. The number of fused-ring (bicyclic) bond motifs is 1. The average Bonchev–Trinajstić information content (AvgIpc) is 2.79. The second kappa shape index (κ2) is 5.89. The van der Waals surface area contributed by atoms with Crippen molar-refractivity contribution in [1.29, 1.82) is 0 Å². The highest BCUT2D eigenvalue weighted by Gasteiger charge is 2.38. The molecular formula is C18H24ClNS. The van der Waals surface area contributed by atoms with Crippen molar-refractivity contribution in [2.24, 2.45) is 17.3 Å². The predicted octanol–water partition coefficient (Wildman–Crippen LogP) is 5.91. The van der Waals surface area contributed by atoms with Crippen LogP contribution in [0.15, 0.2) is 24.3 Å². The molecule has 114 valence electrons. The summed E-state index contributed by atoms with van der Waals surface area (Å²) < 4.78 is 1.29. The van der Waals surface area contributed by atoms with Crippen molar-refractivity contribution in [3.63, 3.8) is 0 Å². The monoisotopic (exact) mass is 321 g/mol. The number of hydrogen-bond acceptors (Lipinski definition) is 2. The van der Waals surface area contributed by atoms with Crippen molar-refractivity contribution >= 4 is 33.2 Å². The maximum atomic E-state index is 6.69. The largest absolute Gasteiger partial charge is 0.241 e. The van der Waals surface area contributed by atoms with Crippen molar-refractivity contribution < 1.29 is 0 Å². The molecule has 0 aliphatic heterocycles. The number of nitrogens with zero attached hydrogens (tertiary/aromatic N) is 1. The first-order chi connectivity index (χ1) is 9.95. The third kappa shape index (κ3) is 3.27. The Morgan fingerprint density at radius 3 is 2.76 bits per heavy atom. The van der Waals surface area contributed by atoms with Gasteiger partial charge in [0.2, 0.25) is 0 Å². The van der Waals surface area contributed by atoms with Crippen molar-refractivity contribution in [2.45, 2.75) is 51.8 Å². The second-order valence-corrected chi connectivity index (χ2v) is 8.96. The van der Waals surface area contributed by atoms with Crippen LogP contribution >= 0.6 is 22.9 Å². The van der Waals surface area contributed by atoms with E-state index in [1.54, 1.807) is 0 Å². The van der Waals surface area contributed by atoms with E-state index in [9.17, 15) is 0 Å². The zero-order chi connectivity index (χ0) is 15.0. The van der Waals surface area contributed by atoms with Crippen molar-refractivity contribution in [3.8, 4) is 0 Å². The van der Waals surface area contributed by atoms with Gasteiger partial charge in [-0.15, -0.1) is 22.9 Å². The SMILES string of the molecule is CC1CCC(C(C)(C)Cc2nc3ccccc3s2)C(Cl)C1. The van der Waals surface area contributed by atoms with Gasteiger partial charge in [-0.25, -0.2) is 4.98 Å². The molecule has 0 spiro atoms. The van der Waals surface area contributed by atoms with Gasteiger partial charge in [-0.05, 0) is 42.2 Å². The molecule has 1 aliphatic carbocycles. The van der Waals surface area contributed by atoms with Gasteiger partial charge in [-0.1, -0.05) is 39.3 Å². The number of para-hydroxylation sites is 1. The molecule has 0 radical (unpaired) electrons. The Labute approximate surface area is 136 Å². The van der Waals surface area contributed by atoms with E-state index in [-0.39, 0.29) is 5.41 Å². The average molecular weight is 322 g/mol. The highest BCUT2D eigenvalue weighted by molar-refractivity contribution is 7.18. The molecule has 1 saturated carbocycles. The Kier molecular flexibility index (Phi) is 4.29. The number of rotatable bonds is 3. The minimum atomic E-state index is 0.223. The number of halogens is 1. The van der Waals surface area contributed by atoms with Crippen LogP contribution in [0.25, 0.3) is 10.2 Å². The molecule has 2 aromatic rings. The third-order valence-corrected chi connectivity index (χ3v) is 6.50. The Morgan fingerprint density at radius 1 is 1.29 bits per heavy atom. The van der Waals surface area contributed by atoms with Crippen LogP contribution in [-0.2, 0) is 6.42 Å². The second-order valence-electron chi connectivity index (χ2n) is 7.28. The summed E-state index contributed by atoms with van der Waals surface area (Å²) in [6, 6.07) is 8.42. The highest BCUT2D eigenvalue weighted by Crippen LogP contribution is 2.45. The molecule has 1 heterocycles. The van der Waals surface area contributed by atoms with E-state index in [1.165, 1.54) is 22.5 Å². The zero-order valence-electron chi connectivity index (χ0n) is 13.1. The minimum Gasteiger partial charge on any atom is -0.241 e. The van der Waals surface area contributed by atoms with Gasteiger partial charge in [0.05, 0.1) is 15.2 Å². The summed E-state index contributed by atoms with van der Waals surface area (Å²) in [5.74, 6) is 1.38. The molecular weight excluding hydrogens is 298 g/mol. The molecule has 0 bridgehead atoms. The third-order valence-electron chi connectivity index (χ3n) is 4.98. The predicted molar refractivity (Wildman–Crippen MR) is 93.3 cm³/mol. The lowest BCUT2D eigenvalue weighted by molar-refractivity contribution is 0.142. The zero-order valence-corrected chi connectivity index (χ0v) is 14.7. The van der Waals surface area contributed by atoms with E-state index in [0.717, 1.165) is 24.3 Å². The summed E-state index contributed by atoms with van der Waals surface area (Å²) in [5.41, 5.74) is 1.36. The smallest absolute Gasteiger partial charge is 0.0944 e. The van der Waals surface area contributed by atoms with Gasteiger partial charge in [0, 0.05) is 11.8 Å². The maximum absolute atomic E-state index is 6.69. The van der Waals surface area contributed by atoms with Crippen LogP contribution < -0.4 is 0 Å². The Hall–Kier alpha value is -0.600. The van der Waals surface area contributed by atoms with Gasteiger partial charge in [-0.3, -0.25) is 0 Å². The first kappa shape index (κ1) is 15.3. The molecule has 0 saturated heterocycles. The van der Waals surface area contributed by atoms with Crippen LogP contribution in [0.3, 0.4) is 0 Å². The van der Waals surface area contributed by atoms with Gasteiger partial charge in [-0.2, -0.15) is 0 Å². The van der Waals surface area contributed by atoms with E-state index in [2.05, 4.69) is 45.0 Å². The topological polar surface area (TPSA) is 12.9 Å². The lowest BCUT2D eigenvalue weighted by atomic mass is 9.67. The Bertz CT molecular complexity index is 585. The van der Waals surface area contributed by atoms with E-state index >= 15 is 0 Å². The van der Waals surface area contributed by atoms with Gasteiger partial charge >= 0.3 is 0 Å². The van der Waals surface area contributed by atoms with E-state index in [1.807, 2.05) is 11.3 Å². The standard InChI is InChI=1S/C18H24ClNS/c1-12-8-9-13(14(19)10-12)18(2,3)11-17-20-15-6-4-5-7-16(15)21-17/h4-7,12-14H,8-11H2,1-3H3. The number of aromatic nitrogens is 1. The van der Waals surface area contributed by atoms with Gasteiger partial charge in [0.15, 0.2) is 0 Å². The number of alkyl halides is 1. The van der Waals surface area contributed by atoms with Gasteiger partial charge in [0.25, 0.3) is 0 Å². The van der Waals surface area contributed by atoms with E-state index in [4.69, 9.17) is 16.6 Å². The molecule has 1 fully saturated rings. The fourth-order valence-electron chi connectivity index (χ4n) is 3.71. The van der Waals surface area contributed by atoms with Crippen LogP contribution in [0.2, 0.25) is 0 Å². The fraction of sp³-hybridized carbons (Fsp3) is 0.611. The molecule has 3 unspecified atom stereocenters. The summed E-state index contributed by atoms with van der Waals surface area (Å²) >= 11 is 8.53. The van der Waals surface area contributed by atoms with Crippen LogP contribution in [0, 0.1) is 17.3 Å². The normalized spacial score (nSPS) is 27.1. The van der Waals surface area contributed by atoms with E-state index in [0.29, 0.717) is 11.3 Å². The molecule has 1 aliphatic rings. The molecule has 3 rings (SSSR count). The summed E-state index contributed by atoms with van der Waals surface area (Å²) in [6.07, 6.45) is 4.77. The molecule has 1 nitrogen and oxygen atoms in total. The molecule has 3 heteroatoms. The quantitative estimate of drug-likeness (QED) is 0.640. The van der Waals surface area contributed by atoms with Crippen LogP contribution in [0.4, 0.5) is 0 Å². The van der Waals surface area contributed by atoms with Crippen LogP contribution in [-0.4, -0.2) is 10.4 Å². The molecule has 0 amide bonds. The van der Waals surface area contributed by atoms with E-state index < -0.39 is 0 Å². The van der Waals surface area contributed by atoms with Crippen LogP contribution in [0.5, 0.6) is 0 Å². The lowest BCUT2D eigenvalue weighted by Crippen LogP contribution is -2.37. The molecule has 0 N–H and O–H groups in total. The minimum absolute atomic E-state index is 0.223. The van der Waals surface area contributed by atoms with Crippen molar-refractivity contribution in [2.75, 3.05) is 0 Å². The molecule has 3 atom stereocenters. The number of thiazole rings is 1.